The molecule has 19 heavy (non-hydrogen) atoms. The number of nitrogens with one attached hydrogen (secondary N) is 1. The van der Waals surface area contributed by atoms with Gasteiger partial charge in [0.05, 0.1) is 6.20 Å². The largest absolute Gasteiger partial charge is 0.359 e. The van der Waals surface area contributed by atoms with E-state index in [0.29, 0.717) is 6.54 Å². The normalized spacial score (nSPS) is 16.6. The Bertz CT molecular complexity index is 402. The summed E-state index contributed by atoms with van der Waals surface area (Å²) in [6.07, 6.45) is 8.00. The van der Waals surface area contributed by atoms with Crippen LogP contribution in [0.2, 0.25) is 0 Å². The number of anilines is 1. The highest BCUT2D eigenvalue weighted by atomic mass is 19.1. The lowest BCUT2D eigenvalue weighted by Crippen LogP contribution is -2.29. The first-order valence-corrected chi connectivity index (χ1v) is 7.21. The van der Waals surface area contributed by atoms with Crippen molar-refractivity contribution in [1.29, 1.82) is 0 Å². The molecular formula is C15H24FN3. The lowest BCUT2D eigenvalue weighted by Gasteiger charge is -2.28. The summed E-state index contributed by atoms with van der Waals surface area (Å²) in [5, 5.41) is 3.08. The quantitative estimate of drug-likeness (QED) is 0.887. The van der Waals surface area contributed by atoms with Crippen molar-refractivity contribution in [3.63, 3.8) is 0 Å². The smallest absolute Gasteiger partial charge is 0.141 e. The molecule has 106 valence electrons. The highest BCUT2D eigenvalue weighted by Gasteiger charge is 2.18. The second-order valence-electron chi connectivity index (χ2n) is 5.55. The SMILES string of the molecule is CNCc1cc(F)cnc1N(C)CC1CCCCC1. The number of aromatic nitrogens is 1. The molecule has 1 heterocycles. The van der Waals surface area contributed by atoms with Gasteiger partial charge >= 0.3 is 0 Å². The summed E-state index contributed by atoms with van der Waals surface area (Å²) in [5.74, 6) is 1.40. The number of hydrogen-bond acceptors (Lipinski definition) is 3. The van der Waals surface area contributed by atoms with E-state index in [0.717, 1.165) is 23.8 Å². The Morgan fingerprint density at radius 3 is 2.79 bits per heavy atom. The van der Waals surface area contributed by atoms with Crippen molar-refractivity contribution in [1.82, 2.24) is 10.3 Å². The van der Waals surface area contributed by atoms with Gasteiger partial charge in [0.15, 0.2) is 0 Å². The average Bonchev–Trinajstić information content (AvgIpc) is 2.40. The summed E-state index contributed by atoms with van der Waals surface area (Å²) in [4.78, 5) is 6.46. The zero-order valence-corrected chi connectivity index (χ0v) is 12.0. The summed E-state index contributed by atoms with van der Waals surface area (Å²) in [7, 11) is 3.93. The third-order valence-electron chi connectivity index (χ3n) is 3.90. The highest BCUT2D eigenvalue weighted by Crippen LogP contribution is 2.26. The number of pyridine rings is 1. The topological polar surface area (TPSA) is 28.2 Å². The maximum absolute atomic E-state index is 13.3. The molecule has 1 aliphatic rings. The number of nitrogens with zero attached hydrogens (tertiary/aromatic N) is 2. The molecular weight excluding hydrogens is 241 g/mol. The van der Waals surface area contributed by atoms with Gasteiger partial charge in [0, 0.05) is 25.7 Å². The molecule has 0 unspecified atom stereocenters. The first-order chi connectivity index (χ1) is 9.20. The molecule has 3 nitrogen and oxygen atoms in total. The predicted molar refractivity (Wildman–Crippen MR) is 76.8 cm³/mol. The Hall–Kier alpha value is -1.16. The van der Waals surface area contributed by atoms with Crippen LogP contribution in [0.5, 0.6) is 0 Å². The van der Waals surface area contributed by atoms with Gasteiger partial charge in [-0.2, -0.15) is 0 Å². The molecule has 0 spiro atoms. The number of halogens is 1. The minimum Gasteiger partial charge on any atom is -0.359 e. The summed E-state index contributed by atoms with van der Waals surface area (Å²) in [5.41, 5.74) is 0.931. The van der Waals surface area contributed by atoms with Crippen LogP contribution in [-0.2, 0) is 6.54 Å². The summed E-state index contributed by atoms with van der Waals surface area (Å²) in [6.45, 7) is 1.67. The maximum Gasteiger partial charge on any atom is 0.141 e. The molecule has 4 heteroatoms. The Balaban J connectivity index is 2.06. The van der Waals surface area contributed by atoms with Crippen LogP contribution in [-0.4, -0.2) is 25.6 Å². The molecule has 0 atom stereocenters. The molecule has 0 bridgehead atoms. The van der Waals surface area contributed by atoms with E-state index in [-0.39, 0.29) is 5.82 Å². The third-order valence-corrected chi connectivity index (χ3v) is 3.90. The van der Waals surface area contributed by atoms with Gasteiger partial charge in [-0.15, -0.1) is 0 Å². The molecule has 0 aliphatic heterocycles. The molecule has 1 fully saturated rings. The monoisotopic (exact) mass is 265 g/mol. The molecule has 0 amide bonds. The standard InChI is InChI=1S/C15H24FN3/c1-17-9-13-8-14(16)10-18-15(13)19(2)11-12-6-4-3-5-7-12/h8,10,12,17H,3-7,9,11H2,1-2H3. The van der Waals surface area contributed by atoms with Crippen LogP contribution >= 0.6 is 0 Å². The van der Waals surface area contributed by atoms with E-state index in [4.69, 9.17) is 0 Å². The van der Waals surface area contributed by atoms with E-state index in [1.165, 1.54) is 38.3 Å². The molecule has 0 saturated heterocycles. The Morgan fingerprint density at radius 2 is 2.11 bits per heavy atom. The Morgan fingerprint density at radius 1 is 1.37 bits per heavy atom. The zero-order valence-electron chi connectivity index (χ0n) is 12.0. The maximum atomic E-state index is 13.3. The van der Waals surface area contributed by atoms with Gasteiger partial charge < -0.3 is 10.2 Å². The fraction of sp³-hybridized carbons (Fsp3) is 0.667. The van der Waals surface area contributed by atoms with Crippen molar-refractivity contribution in [2.75, 3.05) is 25.5 Å². The Kier molecular flexibility index (Phi) is 5.14. The van der Waals surface area contributed by atoms with Gasteiger partial charge in [-0.1, -0.05) is 19.3 Å². The van der Waals surface area contributed by atoms with Crippen molar-refractivity contribution >= 4 is 5.82 Å². The lowest BCUT2D eigenvalue weighted by atomic mass is 9.89. The van der Waals surface area contributed by atoms with Crippen molar-refractivity contribution in [3.05, 3.63) is 23.6 Å². The van der Waals surface area contributed by atoms with Crippen LogP contribution in [0.1, 0.15) is 37.7 Å². The van der Waals surface area contributed by atoms with Crippen LogP contribution in [0.3, 0.4) is 0 Å². The van der Waals surface area contributed by atoms with Gasteiger partial charge in [0.25, 0.3) is 0 Å². The van der Waals surface area contributed by atoms with E-state index >= 15 is 0 Å². The molecule has 1 saturated carbocycles. The predicted octanol–water partition coefficient (Wildman–Crippen LogP) is 2.96. The summed E-state index contributed by atoms with van der Waals surface area (Å²) < 4.78 is 13.3. The summed E-state index contributed by atoms with van der Waals surface area (Å²) >= 11 is 0. The number of hydrogen-bond donors (Lipinski definition) is 1. The molecule has 1 N–H and O–H groups in total. The Labute approximate surface area is 115 Å². The van der Waals surface area contributed by atoms with E-state index in [1.54, 1.807) is 6.07 Å². The van der Waals surface area contributed by atoms with Crippen LogP contribution in [0.25, 0.3) is 0 Å². The molecule has 1 aromatic rings. The van der Waals surface area contributed by atoms with Crippen molar-refractivity contribution in [2.45, 2.75) is 38.6 Å². The second-order valence-corrected chi connectivity index (χ2v) is 5.55. The van der Waals surface area contributed by atoms with Crippen LogP contribution < -0.4 is 10.2 Å². The van der Waals surface area contributed by atoms with Gasteiger partial charge in [0.1, 0.15) is 11.6 Å². The minimum atomic E-state index is -0.264. The summed E-state index contributed by atoms with van der Waals surface area (Å²) in [6, 6.07) is 1.58. The highest BCUT2D eigenvalue weighted by molar-refractivity contribution is 5.46. The van der Waals surface area contributed by atoms with Crippen molar-refractivity contribution in [2.24, 2.45) is 5.92 Å². The van der Waals surface area contributed by atoms with Crippen LogP contribution in [0.4, 0.5) is 10.2 Å². The molecule has 0 radical (unpaired) electrons. The zero-order chi connectivity index (χ0) is 13.7. The lowest BCUT2D eigenvalue weighted by molar-refractivity contribution is 0.361. The minimum absolute atomic E-state index is 0.264. The van der Waals surface area contributed by atoms with Crippen molar-refractivity contribution < 1.29 is 4.39 Å². The molecule has 0 aromatic carbocycles. The molecule has 1 aromatic heterocycles. The van der Waals surface area contributed by atoms with E-state index in [9.17, 15) is 4.39 Å². The van der Waals surface area contributed by atoms with Gasteiger partial charge in [-0.3, -0.25) is 0 Å². The van der Waals surface area contributed by atoms with Gasteiger partial charge in [0.2, 0.25) is 0 Å². The average molecular weight is 265 g/mol. The third kappa shape index (κ3) is 3.90. The van der Waals surface area contributed by atoms with E-state index in [1.807, 2.05) is 7.05 Å². The first kappa shape index (κ1) is 14.3. The van der Waals surface area contributed by atoms with Gasteiger partial charge in [-0.25, -0.2) is 9.37 Å². The molecule has 1 aliphatic carbocycles. The van der Waals surface area contributed by atoms with E-state index in [2.05, 4.69) is 22.2 Å². The number of rotatable bonds is 5. The van der Waals surface area contributed by atoms with Crippen molar-refractivity contribution in [3.8, 4) is 0 Å². The van der Waals surface area contributed by atoms with Gasteiger partial charge in [-0.05, 0) is 31.9 Å². The fourth-order valence-electron chi connectivity index (χ4n) is 2.98. The van der Waals surface area contributed by atoms with Crippen LogP contribution in [0, 0.1) is 11.7 Å². The second kappa shape index (κ2) is 6.85. The fourth-order valence-corrected chi connectivity index (χ4v) is 2.98. The first-order valence-electron chi connectivity index (χ1n) is 7.21. The van der Waals surface area contributed by atoms with Crippen LogP contribution in [0.15, 0.2) is 12.3 Å². The van der Waals surface area contributed by atoms with E-state index < -0.39 is 0 Å². The molecule has 2 rings (SSSR count).